The number of hydrogen-bond acceptors (Lipinski definition) is 6. The van der Waals surface area contributed by atoms with Crippen molar-refractivity contribution in [1.29, 1.82) is 0 Å². The fourth-order valence-corrected chi connectivity index (χ4v) is 3.89. The normalized spacial score (nSPS) is 17.0. The minimum absolute atomic E-state index is 0.0841. The number of allylic oxidation sites excluding steroid dienone is 2. The molecule has 1 fully saturated rings. The Bertz CT molecular complexity index is 601. The maximum Gasteiger partial charge on any atom is 0.305 e. The summed E-state index contributed by atoms with van der Waals surface area (Å²) in [5, 5.41) is 2.43. The Kier molecular flexibility index (Phi) is 14.3. The number of rotatable bonds is 17. The Labute approximate surface area is 186 Å². The lowest BCUT2D eigenvalue weighted by Gasteiger charge is -2.17. The lowest BCUT2D eigenvalue weighted by Crippen LogP contribution is -2.25. The highest BCUT2D eigenvalue weighted by molar-refractivity contribution is 6.03. The van der Waals surface area contributed by atoms with Gasteiger partial charge in [-0.25, -0.2) is 0 Å². The molecule has 0 radical (unpaired) electrons. The van der Waals surface area contributed by atoms with E-state index in [0.29, 0.717) is 12.8 Å². The number of esters is 2. The van der Waals surface area contributed by atoms with Gasteiger partial charge in [-0.3, -0.25) is 24.5 Å². The molecular formula is C24H39NO6. The van der Waals surface area contributed by atoms with Gasteiger partial charge in [0.25, 0.3) is 0 Å². The van der Waals surface area contributed by atoms with Crippen LogP contribution in [-0.4, -0.2) is 38.0 Å². The van der Waals surface area contributed by atoms with Crippen LogP contribution in [0.2, 0.25) is 0 Å². The van der Waals surface area contributed by atoms with Crippen LogP contribution in [0.1, 0.15) is 89.9 Å². The molecule has 7 heteroatoms. The van der Waals surface area contributed by atoms with Gasteiger partial charge in [0.1, 0.15) is 0 Å². The van der Waals surface area contributed by atoms with E-state index in [4.69, 9.17) is 0 Å². The predicted molar refractivity (Wildman–Crippen MR) is 118 cm³/mol. The van der Waals surface area contributed by atoms with E-state index in [2.05, 4.69) is 26.9 Å². The van der Waals surface area contributed by atoms with Crippen molar-refractivity contribution in [2.24, 2.45) is 11.8 Å². The third kappa shape index (κ3) is 12.3. The second-order valence-electron chi connectivity index (χ2n) is 8.23. The maximum atomic E-state index is 12.1. The molecule has 2 atom stereocenters. The second-order valence-corrected chi connectivity index (χ2v) is 8.23. The van der Waals surface area contributed by atoms with Crippen LogP contribution < -0.4 is 5.32 Å². The van der Waals surface area contributed by atoms with Crippen molar-refractivity contribution in [3.63, 3.8) is 0 Å². The third-order valence-corrected chi connectivity index (χ3v) is 5.78. The van der Waals surface area contributed by atoms with Gasteiger partial charge in [0.2, 0.25) is 11.8 Å². The fraction of sp³-hybridized carbons (Fsp3) is 0.750. The molecule has 2 amide bonds. The van der Waals surface area contributed by atoms with Gasteiger partial charge in [-0.2, -0.15) is 0 Å². The van der Waals surface area contributed by atoms with E-state index < -0.39 is 0 Å². The number of carbonyl (C=O) groups excluding carboxylic acids is 4. The van der Waals surface area contributed by atoms with E-state index in [1.54, 1.807) is 0 Å². The van der Waals surface area contributed by atoms with Gasteiger partial charge >= 0.3 is 11.9 Å². The van der Waals surface area contributed by atoms with Crippen LogP contribution in [-0.2, 0) is 28.7 Å². The molecule has 1 aliphatic heterocycles. The number of methoxy groups -OCH3 is 2. The van der Waals surface area contributed by atoms with Gasteiger partial charge in [-0.05, 0) is 38.0 Å². The molecule has 1 heterocycles. The van der Waals surface area contributed by atoms with E-state index in [-0.39, 0.29) is 42.0 Å². The summed E-state index contributed by atoms with van der Waals surface area (Å²) in [6.07, 6.45) is 16.2. The standard InChI is InChI=1S/C24H39NO6/c1-30-22(27)16-12-8-4-3-6-10-14-19(20-18-21(26)25-24(20)29)15-11-7-5-9-13-17-23(28)31-2/h10,14,19-20H,3-9,11-13,15-18H2,1-2H3,(H,25,26,29)/b14-10+. The Balaban J connectivity index is 2.30. The lowest BCUT2D eigenvalue weighted by atomic mass is 9.85. The number of hydrogen-bond donors (Lipinski definition) is 1. The van der Waals surface area contributed by atoms with Crippen LogP contribution in [0, 0.1) is 11.8 Å². The number of carbonyl (C=O) groups is 4. The minimum atomic E-state index is -0.261. The van der Waals surface area contributed by atoms with Crippen molar-refractivity contribution < 1.29 is 28.7 Å². The van der Waals surface area contributed by atoms with E-state index >= 15 is 0 Å². The molecule has 31 heavy (non-hydrogen) atoms. The topological polar surface area (TPSA) is 98.8 Å². The van der Waals surface area contributed by atoms with Crippen molar-refractivity contribution in [2.45, 2.75) is 89.9 Å². The van der Waals surface area contributed by atoms with E-state index in [1.165, 1.54) is 14.2 Å². The first-order chi connectivity index (χ1) is 15.0. The minimum Gasteiger partial charge on any atom is -0.469 e. The highest BCUT2D eigenvalue weighted by Crippen LogP contribution is 2.28. The molecule has 176 valence electrons. The van der Waals surface area contributed by atoms with E-state index in [9.17, 15) is 19.2 Å². The molecule has 0 aromatic carbocycles. The largest absolute Gasteiger partial charge is 0.469 e. The lowest BCUT2D eigenvalue weighted by molar-refractivity contribution is -0.141. The summed E-state index contributed by atoms with van der Waals surface area (Å²) in [4.78, 5) is 46.0. The van der Waals surface area contributed by atoms with Gasteiger partial charge in [-0.15, -0.1) is 0 Å². The first kappa shape index (κ1) is 26.9. The monoisotopic (exact) mass is 437 g/mol. The molecule has 0 saturated carbocycles. The van der Waals surface area contributed by atoms with E-state index in [0.717, 1.165) is 70.6 Å². The molecule has 0 bridgehead atoms. The SMILES string of the molecule is COC(=O)CCCCCC/C=C/C(CCCCCCCC(=O)OC)C1CC(=O)NC1=O. The van der Waals surface area contributed by atoms with Crippen molar-refractivity contribution in [3.8, 4) is 0 Å². The molecular weight excluding hydrogens is 398 g/mol. The zero-order valence-corrected chi connectivity index (χ0v) is 19.2. The number of amides is 2. The molecule has 1 saturated heterocycles. The second kappa shape index (κ2) is 16.5. The van der Waals surface area contributed by atoms with Gasteiger partial charge in [0, 0.05) is 19.3 Å². The van der Waals surface area contributed by atoms with E-state index in [1.807, 2.05) is 0 Å². The molecule has 0 aliphatic carbocycles. The quantitative estimate of drug-likeness (QED) is 0.158. The first-order valence-corrected chi connectivity index (χ1v) is 11.6. The van der Waals surface area contributed by atoms with Gasteiger partial charge < -0.3 is 9.47 Å². The Morgan fingerprint density at radius 3 is 2.00 bits per heavy atom. The summed E-state index contributed by atoms with van der Waals surface area (Å²) in [5.41, 5.74) is 0. The fourth-order valence-electron chi connectivity index (χ4n) is 3.89. The molecule has 0 aromatic rings. The zero-order valence-electron chi connectivity index (χ0n) is 19.2. The number of imide groups is 1. The van der Waals surface area contributed by atoms with Gasteiger partial charge in [0.15, 0.2) is 0 Å². The molecule has 7 nitrogen and oxygen atoms in total. The maximum absolute atomic E-state index is 12.1. The molecule has 2 unspecified atom stereocenters. The van der Waals surface area contributed by atoms with Crippen molar-refractivity contribution >= 4 is 23.8 Å². The molecule has 0 aromatic heterocycles. The van der Waals surface area contributed by atoms with Crippen LogP contribution in [0.4, 0.5) is 0 Å². The third-order valence-electron chi connectivity index (χ3n) is 5.78. The van der Waals surface area contributed by atoms with Crippen LogP contribution in [0.5, 0.6) is 0 Å². The molecule has 0 spiro atoms. The Hall–Kier alpha value is -2.18. The highest BCUT2D eigenvalue weighted by atomic mass is 16.5. The predicted octanol–water partition coefficient (Wildman–Crippen LogP) is 4.24. The average Bonchev–Trinajstić information content (AvgIpc) is 3.10. The summed E-state index contributed by atoms with van der Waals surface area (Å²) in [5.74, 6) is -0.826. The van der Waals surface area contributed by atoms with Crippen molar-refractivity contribution in [1.82, 2.24) is 5.32 Å². The highest BCUT2D eigenvalue weighted by Gasteiger charge is 2.35. The number of unbranched alkanes of at least 4 members (excludes halogenated alkanes) is 8. The first-order valence-electron chi connectivity index (χ1n) is 11.6. The van der Waals surface area contributed by atoms with Gasteiger partial charge in [-0.1, -0.05) is 50.7 Å². The van der Waals surface area contributed by atoms with Gasteiger partial charge in [0.05, 0.1) is 20.1 Å². The van der Waals surface area contributed by atoms with Crippen LogP contribution in [0.15, 0.2) is 12.2 Å². The average molecular weight is 438 g/mol. The summed E-state index contributed by atoms with van der Waals surface area (Å²) >= 11 is 0. The van der Waals surface area contributed by atoms with Crippen molar-refractivity contribution in [3.05, 3.63) is 12.2 Å². The molecule has 1 N–H and O–H groups in total. The van der Waals surface area contributed by atoms with Crippen LogP contribution in [0.3, 0.4) is 0 Å². The van der Waals surface area contributed by atoms with Crippen molar-refractivity contribution in [2.75, 3.05) is 14.2 Å². The number of nitrogens with one attached hydrogen (secondary N) is 1. The summed E-state index contributed by atoms with van der Waals surface area (Å²) in [6.45, 7) is 0. The summed E-state index contributed by atoms with van der Waals surface area (Å²) in [6, 6.07) is 0. The van der Waals surface area contributed by atoms with Crippen LogP contribution >= 0.6 is 0 Å². The summed E-state index contributed by atoms with van der Waals surface area (Å²) < 4.78 is 9.28. The molecule has 1 rings (SSSR count). The smallest absolute Gasteiger partial charge is 0.305 e. The van der Waals surface area contributed by atoms with Crippen LogP contribution in [0.25, 0.3) is 0 Å². The number of ether oxygens (including phenoxy) is 2. The Morgan fingerprint density at radius 1 is 0.903 bits per heavy atom. The summed E-state index contributed by atoms with van der Waals surface area (Å²) in [7, 11) is 2.82. The Morgan fingerprint density at radius 2 is 1.45 bits per heavy atom. The molecule has 1 aliphatic rings. The zero-order chi connectivity index (χ0) is 22.9.